The lowest BCUT2D eigenvalue weighted by atomic mass is 10.1. The maximum absolute atomic E-state index is 12.4. The molecule has 0 spiro atoms. The fourth-order valence-electron chi connectivity index (χ4n) is 2.14. The van der Waals surface area contributed by atoms with Crippen LogP contribution < -0.4 is 5.32 Å². The van der Waals surface area contributed by atoms with Crippen LogP contribution in [0.15, 0.2) is 59.3 Å². The predicted octanol–water partition coefficient (Wildman–Crippen LogP) is 4.56. The van der Waals surface area contributed by atoms with Crippen LogP contribution in [0.2, 0.25) is 5.02 Å². The number of hydrogen-bond acceptors (Lipinski definition) is 3. The molecule has 0 aliphatic heterocycles. The van der Waals surface area contributed by atoms with Gasteiger partial charge >= 0.3 is 0 Å². The number of aromatic nitrogens is 1. The van der Waals surface area contributed by atoms with Gasteiger partial charge in [0, 0.05) is 5.56 Å². The molecular formula is C17H13ClN2O2. The van der Waals surface area contributed by atoms with Crippen LogP contribution in [0, 0.1) is 6.92 Å². The van der Waals surface area contributed by atoms with Crippen molar-refractivity contribution >= 4 is 23.2 Å². The van der Waals surface area contributed by atoms with E-state index < -0.39 is 0 Å². The number of anilines is 1. The number of rotatable bonds is 3. The molecule has 2 aromatic carbocycles. The van der Waals surface area contributed by atoms with E-state index in [4.69, 9.17) is 16.0 Å². The Balaban J connectivity index is 1.92. The zero-order chi connectivity index (χ0) is 15.5. The fourth-order valence-corrected chi connectivity index (χ4v) is 2.33. The molecule has 0 atom stereocenters. The summed E-state index contributed by atoms with van der Waals surface area (Å²) in [4.78, 5) is 16.4. The normalized spacial score (nSPS) is 10.5. The zero-order valence-corrected chi connectivity index (χ0v) is 12.6. The average molecular weight is 313 g/mol. The van der Waals surface area contributed by atoms with Crippen LogP contribution in [0.3, 0.4) is 0 Å². The monoisotopic (exact) mass is 312 g/mol. The van der Waals surface area contributed by atoms with Gasteiger partial charge in [0.1, 0.15) is 0 Å². The largest absolute Gasteiger partial charge is 0.443 e. The van der Waals surface area contributed by atoms with Gasteiger partial charge in [0.25, 0.3) is 5.91 Å². The molecule has 0 aliphatic carbocycles. The molecule has 110 valence electrons. The van der Waals surface area contributed by atoms with Gasteiger partial charge in [-0.25, -0.2) is 4.98 Å². The molecule has 4 nitrogen and oxygen atoms in total. The van der Waals surface area contributed by atoms with E-state index in [1.807, 2.05) is 31.2 Å². The Labute approximate surface area is 132 Å². The van der Waals surface area contributed by atoms with Crippen LogP contribution in [0.4, 0.5) is 5.69 Å². The lowest BCUT2D eigenvalue weighted by Crippen LogP contribution is -2.13. The van der Waals surface area contributed by atoms with E-state index in [-0.39, 0.29) is 11.6 Å². The number of aryl methyl sites for hydroxylation is 1. The van der Waals surface area contributed by atoms with Crippen molar-refractivity contribution in [1.29, 1.82) is 0 Å². The molecular weight excluding hydrogens is 300 g/mol. The lowest BCUT2D eigenvalue weighted by molar-refractivity contribution is 0.102. The van der Waals surface area contributed by atoms with Crippen LogP contribution in [-0.2, 0) is 0 Å². The standard InChI is InChI=1S/C17H13ClN2O2/c1-11-5-4-6-12(9-11)16-15(19-10-22-16)17(21)20-14-8-3-2-7-13(14)18/h2-10H,1H3,(H,20,21). The van der Waals surface area contributed by atoms with Gasteiger partial charge in [-0.05, 0) is 25.1 Å². The van der Waals surface area contributed by atoms with E-state index in [1.165, 1.54) is 6.39 Å². The molecule has 0 saturated heterocycles. The van der Waals surface area contributed by atoms with E-state index in [9.17, 15) is 4.79 Å². The molecule has 1 amide bonds. The predicted molar refractivity (Wildman–Crippen MR) is 86.1 cm³/mol. The van der Waals surface area contributed by atoms with Crippen LogP contribution in [0.25, 0.3) is 11.3 Å². The number of oxazole rings is 1. The summed E-state index contributed by atoms with van der Waals surface area (Å²) in [5.74, 6) is 0.0756. The number of benzene rings is 2. The second-order valence-electron chi connectivity index (χ2n) is 4.83. The maximum atomic E-state index is 12.4. The van der Waals surface area contributed by atoms with Gasteiger partial charge in [-0.2, -0.15) is 0 Å². The minimum Gasteiger partial charge on any atom is -0.443 e. The highest BCUT2D eigenvalue weighted by Crippen LogP contribution is 2.26. The molecule has 5 heteroatoms. The number of carbonyl (C=O) groups is 1. The van der Waals surface area contributed by atoms with Crippen molar-refractivity contribution in [3.05, 3.63) is 71.2 Å². The van der Waals surface area contributed by atoms with Crippen LogP contribution in [0.1, 0.15) is 16.1 Å². The molecule has 1 aromatic heterocycles. The van der Waals surface area contributed by atoms with E-state index >= 15 is 0 Å². The van der Waals surface area contributed by atoms with Crippen molar-refractivity contribution in [2.24, 2.45) is 0 Å². The molecule has 0 fully saturated rings. The molecule has 0 aliphatic rings. The van der Waals surface area contributed by atoms with Gasteiger partial charge in [-0.15, -0.1) is 0 Å². The van der Waals surface area contributed by atoms with E-state index in [1.54, 1.807) is 24.3 Å². The molecule has 3 rings (SSSR count). The summed E-state index contributed by atoms with van der Waals surface area (Å²) in [6, 6.07) is 14.7. The number of hydrogen-bond donors (Lipinski definition) is 1. The summed E-state index contributed by atoms with van der Waals surface area (Å²) in [5, 5.41) is 3.21. The third-order valence-corrected chi connectivity index (χ3v) is 3.51. The van der Waals surface area contributed by atoms with Gasteiger partial charge in [0.2, 0.25) is 0 Å². The minimum absolute atomic E-state index is 0.227. The highest BCUT2D eigenvalue weighted by molar-refractivity contribution is 6.33. The van der Waals surface area contributed by atoms with Crippen molar-refractivity contribution in [2.75, 3.05) is 5.32 Å². The third kappa shape index (κ3) is 2.87. The summed E-state index contributed by atoms with van der Waals surface area (Å²) >= 11 is 6.05. The second-order valence-corrected chi connectivity index (χ2v) is 5.24. The van der Waals surface area contributed by atoms with Crippen LogP contribution in [0.5, 0.6) is 0 Å². The number of nitrogens with zero attached hydrogens (tertiary/aromatic N) is 1. The van der Waals surface area contributed by atoms with E-state index in [0.717, 1.165) is 11.1 Å². The van der Waals surface area contributed by atoms with Crippen LogP contribution in [-0.4, -0.2) is 10.9 Å². The number of carbonyl (C=O) groups excluding carboxylic acids is 1. The van der Waals surface area contributed by atoms with Gasteiger partial charge in [-0.1, -0.05) is 47.5 Å². The van der Waals surface area contributed by atoms with E-state index in [2.05, 4.69) is 10.3 Å². The van der Waals surface area contributed by atoms with Crippen molar-refractivity contribution in [1.82, 2.24) is 4.98 Å². The molecule has 0 bridgehead atoms. The van der Waals surface area contributed by atoms with Crippen molar-refractivity contribution in [2.45, 2.75) is 6.92 Å². The van der Waals surface area contributed by atoms with Crippen molar-refractivity contribution in [3.8, 4) is 11.3 Å². The summed E-state index contributed by atoms with van der Waals surface area (Å²) in [6.45, 7) is 1.98. The number of nitrogens with one attached hydrogen (secondary N) is 1. The molecule has 22 heavy (non-hydrogen) atoms. The second kappa shape index (κ2) is 6.03. The Bertz CT molecular complexity index is 827. The van der Waals surface area contributed by atoms with Crippen molar-refractivity contribution in [3.63, 3.8) is 0 Å². The Morgan fingerprint density at radius 1 is 1.18 bits per heavy atom. The average Bonchev–Trinajstić information content (AvgIpc) is 2.99. The SMILES string of the molecule is Cc1cccc(-c2ocnc2C(=O)Nc2ccccc2Cl)c1. The topological polar surface area (TPSA) is 55.1 Å². The first-order valence-corrected chi connectivity index (χ1v) is 7.09. The van der Waals surface area contributed by atoms with E-state index in [0.29, 0.717) is 16.5 Å². The quantitative estimate of drug-likeness (QED) is 0.771. The van der Waals surface area contributed by atoms with Crippen molar-refractivity contribution < 1.29 is 9.21 Å². The van der Waals surface area contributed by atoms with Gasteiger partial charge in [0.15, 0.2) is 17.8 Å². The Morgan fingerprint density at radius 2 is 2.00 bits per heavy atom. The summed E-state index contributed by atoms with van der Waals surface area (Å²) < 4.78 is 5.39. The fraction of sp³-hybridized carbons (Fsp3) is 0.0588. The van der Waals surface area contributed by atoms with Gasteiger partial charge < -0.3 is 9.73 Å². The van der Waals surface area contributed by atoms with Crippen LogP contribution >= 0.6 is 11.6 Å². The lowest BCUT2D eigenvalue weighted by Gasteiger charge is -2.06. The van der Waals surface area contributed by atoms with Gasteiger partial charge in [-0.3, -0.25) is 4.79 Å². The summed E-state index contributed by atoms with van der Waals surface area (Å²) in [5.41, 5.74) is 2.64. The highest BCUT2D eigenvalue weighted by atomic mass is 35.5. The smallest absolute Gasteiger partial charge is 0.278 e. The minimum atomic E-state index is -0.363. The Kier molecular flexibility index (Phi) is 3.94. The number of amides is 1. The summed E-state index contributed by atoms with van der Waals surface area (Å²) in [6.07, 6.45) is 1.26. The highest BCUT2D eigenvalue weighted by Gasteiger charge is 2.19. The number of para-hydroxylation sites is 1. The first-order valence-electron chi connectivity index (χ1n) is 6.71. The molecule has 1 heterocycles. The molecule has 1 N–H and O–H groups in total. The first-order chi connectivity index (χ1) is 10.6. The Morgan fingerprint density at radius 3 is 2.77 bits per heavy atom. The maximum Gasteiger partial charge on any atom is 0.278 e. The Hall–Kier alpha value is -2.59. The van der Waals surface area contributed by atoms with Gasteiger partial charge in [0.05, 0.1) is 10.7 Å². The molecule has 0 unspecified atom stereocenters. The zero-order valence-electron chi connectivity index (χ0n) is 11.8. The molecule has 0 saturated carbocycles. The molecule has 3 aromatic rings. The number of halogens is 1. The third-order valence-electron chi connectivity index (χ3n) is 3.18. The molecule has 0 radical (unpaired) electrons. The first kappa shape index (κ1) is 14.4. The summed E-state index contributed by atoms with van der Waals surface area (Å²) in [7, 11) is 0.